The third-order valence-electron chi connectivity index (χ3n) is 5.11. The number of nitrogens with zero attached hydrogens (tertiary/aromatic N) is 5. The van der Waals surface area contributed by atoms with Crippen molar-refractivity contribution in [2.45, 2.75) is 20.4 Å². The van der Waals surface area contributed by atoms with Crippen molar-refractivity contribution in [3.05, 3.63) is 94.4 Å². The highest BCUT2D eigenvalue weighted by molar-refractivity contribution is 5.65. The van der Waals surface area contributed by atoms with Crippen LogP contribution in [0.5, 0.6) is 0 Å². The molecule has 0 aliphatic rings. The van der Waals surface area contributed by atoms with Crippen LogP contribution < -0.4 is 5.56 Å². The molecule has 0 bridgehead atoms. The third kappa shape index (κ3) is 3.20. The monoisotopic (exact) mass is 397 g/mol. The van der Waals surface area contributed by atoms with Crippen molar-refractivity contribution >= 4 is 5.52 Å². The predicted molar refractivity (Wildman–Crippen MR) is 113 cm³/mol. The van der Waals surface area contributed by atoms with Crippen LogP contribution in [0, 0.1) is 13.8 Å². The minimum Gasteiger partial charge on any atom is -0.337 e. The van der Waals surface area contributed by atoms with Gasteiger partial charge in [0.2, 0.25) is 11.7 Å². The van der Waals surface area contributed by atoms with Gasteiger partial charge in [-0.15, -0.1) is 0 Å². The molecule has 0 unspecified atom stereocenters. The predicted octanol–water partition coefficient (Wildman–Crippen LogP) is 3.88. The molecule has 2 aromatic carbocycles. The molecule has 5 rings (SSSR count). The first-order chi connectivity index (χ1) is 14.6. The molecule has 0 fully saturated rings. The summed E-state index contributed by atoms with van der Waals surface area (Å²) in [6.07, 6.45) is 3.44. The topological polar surface area (TPSA) is 78.2 Å². The molecule has 5 aromatic rings. The molecule has 0 atom stereocenters. The number of hydrogen-bond donors (Lipinski definition) is 0. The molecule has 0 saturated carbocycles. The Balaban J connectivity index is 1.47. The molecule has 7 heteroatoms. The molecule has 0 spiro atoms. The summed E-state index contributed by atoms with van der Waals surface area (Å²) in [5.74, 6) is 0.890. The summed E-state index contributed by atoms with van der Waals surface area (Å²) in [6, 6.07) is 17.7. The molecule has 3 aromatic heterocycles. The second kappa shape index (κ2) is 7.11. The normalized spacial score (nSPS) is 11.3. The van der Waals surface area contributed by atoms with Crippen molar-refractivity contribution in [1.29, 1.82) is 0 Å². The van der Waals surface area contributed by atoms with Crippen LogP contribution in [0.1, 0.15) is 17.0 Å². The average molecular weight is 397 g/mol. The van der Waals surface area contributed by atoms with Gasteiger partial charge in [0.15, 0.2) is 0 Å². The molecular weight excluding hydrogens is 378 g/mol. The smallest absolute Gasteiger partial charge is 0.277 e. The van der Waals surface area contributed by atoms with Crippen molar-refractivity contribution in [2.75, 3.05) is 0 Å². The van der Waals surface area contributed by atoms with E-state index < -0.39 is 0 Å². The number of hydrogen-bond acceptors (Lipinski definition) is 5. The molecule has 30 heavy (non-hydrogen) atoms. The van der Waals surface area contributed by atoms with Gasteiger partial charge in [0, 0.05) is 23.5 Å². The maximum absolute atomic E-state index is 13.0. The van der Waals surface area contributed by atoms with Crippen molar-refractivity contribution < 1.29 is 4.52 Å². The van der Waals surface area contributed by atoms with Crippen molar-refractivity contribution in [2.24, 2.45) is 0 Å². The Kier molecular flexibility index (Phi) is 4.28. The van der Waals surface area contributed by atoms with Crippen LogP contribution in [-0.2, 0) is 6.54 Å². The second-order valence-electron chi connectivity index (χ2n) is 7.28. The van der Waals surface area contributed by atoms with E-state index in [0.717, 1.165) is 22.4 Å². The Bertz CT molecular complexity index is 1410. The largest absolute Gasteiger partial charge is 0.337 e. The Morgan fingerprint density at radius 1 is 1.00 bits per heavy atom. The van der Waals surface area contributed by atoms with Crippen molar-refractivity contribution in [1.82, 2.24) is 24.3 Å². The standard InChI is InChI=1S/C23H19N5O2/c1-15-7-9-17(10-8-15)19-13-20-23(29)27(11-12-28(20)25-19)14-21-24-22(26-30-21)18-6-4-3-5-16(18)2/h3-13H,14H2,1-2H3. The van der Waals surface area contributed by atoms with E-state index in [1.165, 1.54) is 5.56 Å². The van der Waals surface area contributed by atoms with Gasteiger partial charge in [-0.05, 0) is 25.5 Å². The lowest BCUT2D eigenvalue weighted by Gasteiger charge is -2.02. The van der Waals surface area contributed by atoms with Gasteiger partial charge in [0.25, 0.3) is 5.56 Å². The van der Waals surface area contributed by atoms with E-state index in [-0.39, 0.29) is 12.1 Å². The summed E-state index contributed by atoms with van der Waals surface area (Å²) in [5.41, 5.74) is 5.19. The highest BCUT2D eigenvalue weighted by atomic mass is 16.5. The quantitative estimate of drug-likeness (QED) is 0.460. The van der Waals surface area contributed by atoms with E-state index in [4.69, 9.17) is 4.52 Å². The zero-order valence-corrected chi connectivity index (χ0v) is 16.6. The average Bonchev–Trinajstić information content (AvgIpc) is 3.39. The van der Waals surface area contributed by atoms with Gasteiger partial charge < -0.3 is 9.09 Å². The van der Waals surface area contributed by atoms with Crippen LogP contribution in [-0.4, -0.2) is 24.3 Å². The number of aryl methyl sites for hydroxylation is 2. The molecule has 3 heterocycles. The molecule has 0 aliphatic heterocycles. The zero-order valence-electron chi connectivity index (χ0n) is 16.6. The van der Waals surface area contributed by atoms with E-state index in [1.807, 2.05) is 62.4 Å². The highest BCUT2D eigenvalue weighted by Gasteiger charge is 2.14. The molecular formula is C23H19N5O2. The van der Waals surface area contributed by atoms with Gasteiger partial charge in [-0.2, -0.15) is 10.1 Å². The van der Waals surface area contributed by atoms with Gasteiger partial charge in [0.1, 0.15) is 12.1 Å². The highest BCUT2D eigenvalue weighted by Crippen LogP contribution is 2.21. The first-order valence-electron chi connectivity index (χ1n) is 9.63. The fraction of sp³-hybridized carbons (Fsp3) is 0.130. The minimum absolute atomic E-state index is 0.168. The number of fused-ring (bicyclic) bond motifs is 1. The number of benzene rings is 2. The van der Waals surface area contributed by atoms with Gasteiger partial charge in [-0.1, -0.05) is 59.3 Å². The molecule has 0 aliphatic carbocycles. The molecule has 0 N–H and O–H groups in total. The van der Waals surface area contributed by atoms with Crippen LogP contribution in [0.2, 0.25) is 0 Å². The second-order valence-corrected chi connectivity index (χ2v) is 7.28. The molecule has 7 nitrogen and oxygen atoms in total. The summed E-state index contributed by atoms with van der Waals surface area (Å²) in [5, 5.41) is 8.59. The fourth-order valence-corrected chi connectivity index (χ4v) is 3.41. The third-order valence-corrected chi connectivity index (χ3v) is 5.11. The van der Waals surface area contributed by atoms with Gasteiger partial charge in [0.05, 0.1) is 5.69 Å². The fourth-order valence-electron chi connectivity index (χ4n) is 3.41. The summed E-state index contributed by atoms with van der Waals surface area (Å²) in [4.78, 5) is 17.4. The maximum atomic E-state index is 13.0. The Labute approximate surface area is 172 Å². The lowest BCUT2D eigenvalue weighted by Crippen LogP contribution is -2.21. The Hall–Kier alpha value is -4.00. The van der Waals surface area contributed by atoms with Crippen molar-refractivity contribution in [3.63, 3.8) is 0 Å². The van der Waals surface area contributed by atoms with E-state index in [0.29, 0.717) is 17.2 Å². The van der Waals surface area contributed by atoms with E-state index in [9.17, 15) is 4.79 Å². The summed E-state index contributed by atoms with van der Waals surface area (Å²) < 4.78 is 8.53. The summed E-state index contributed by atoms with van der Waals surface area (Å²) in [6.45, 7) is 4.22. The SMILES string of the molecule is Cc1ccc(-c2cc3c(=O)n(Cc4nc(-c5ccccc5C)no4)ccn3n2)cc1. The first kappa shape index (κ1) is 18.1. The number of rotatable bonds is 4. The van der Waals surface area contributed by atoms with Crippen LogP contribution in [0.4, 0.5) is 0 Å². The van der Waals surface area contributed by atoms with Crippen molar-refractivity contribution in [3.8, 4) is 22.6 Å². The molecule has 0 radical (unpaired) electrons. The van der Waals surface area contributed by atoms with Crippen LogP contribution in [0.3, 0.4) is 0 Å². The van der Waals surface area contributed by atoms with E-state index >= 15 is 0 Å². The number of aromatic nitrogens is 5. The minimum atomic E-state index is -0.168. The summed E-state index contributed by atoms with van der Waals surface area (Å²) in [7, 11) is 0. The molecule has 0 amide bonds. The zero-order chi connectivity index (χ0) is 20.7. The first-order valence-corrected chi connectivity index (χ1v) is 9.63. The molecule has 148 valence electrons. The van der Waals surface area contributed by atoms with E-state index in [1.54, 1.807) is 27.5 Å². The van der Waals surface area contributed by atoms with E-state index in [2.05, 4.69) is 15.2 Å². The van der Waals surface area contributed by atoms with Gasteiger partial charge in [-0.3, -0.25) is 4.79 Å². The lowest BCUT2D eigenvalue weighted by atomic mass is 10.1. The lowest BCUT2D eigenvalue weighted by molar-refractivity contribution is 0.370. The maximum Gasteiger partial charge on any atom is 0.277 e. The Morgan fingerprint density at radius 3 is 2.60 bits per heavy atom. The van der Waals surface area contributed by atoms with Crippen LogP contribution in [0.15, 0.2) is 76.3 Å². The van der Waals surface area contributed by atoms with Crippen LogP contribution in [0.25, 0.3) is 28.2 Å². The summed E-state index contributed by atoms with van der Waals surface area (Å²) >= 11 is 0. The van der Waals surface area contributed by atoms with Gasteiger partial charge in [-0.25, -0.2) is 4.52 Å². The van der Waals surface area contributed by atoms with Gasteiger partial charge >= 0.3 is 0 Å². The molecule has 0 saturated heterocycles. The van der Waals surface area contributed by atoms with Crippen LogP contribution >= 0.6 is 0 Å². The Morgan fingerprint density at radius 2 is 1.80 bits per heavy atom.